The van der Waals surface area contributed by atoms with Crippen LogP contribution >= 0.6 is 0 Å². The Labute approximate surface area is 119 Å². The third-order valence-electron chi connectivity index (χ3n) is 4.84. The van der Waals surface area contributed by atoms with Crippen molar-refractivity contribution in [3.63, 3.8) is 0 Å². The maximum absolute atomic E-state index is 10.8. The van der Waals surface area contributed by atoms with Gasteiger partial charge < -0.3 is 15.7 Å². The molecule has 108 valence electrons. The molecular formula is C16H22N2O2. The average molecular weight is 274 g/mol. The minimum absolute atomic E-state index is 0.399. The molecule has 2 unspecified atom stereocenters. The zero-order valence-corrected chi connectivity index (χ0v) is 11.7. The molecule has 0 radical (unpaired) electrons. The van der Waals surface area contributed by atoms with Crippen LogP contribution in [0.15, 0.2) is 24.3 Å². The number of benzene rings is 1. The van der Waals surface area contributed by atoms with Crippen LogP contribution in [0.4, 0.5) is 0 Å². The van der Waals surface area contributed by atoms with Crippen LogP contribution < -0.4 is 5.73 Å². The molecule has 4 rings (SSSR count). The van der Waals surface area contributed by atoms with E-state index in [2.05, 4.69) is 17.0 Å². The molecule has 3 aliphatic heterocycles. The first kappa shape index (κ1) is 13.6. The first-order valence-corrected chi connectivity index (χ1v) is 7.43. The zero-order valence-electron chi connectivity index (χ0n) is 11.7. The third-order valence-corrected chi connectivity index (χ3v) is 4.84. The predicted octanol–water partition coefficient (Wildman–Crippen LogP) is 1.45. The van der Waals surface area contributed by atoms with E-state index in [-0.39, 0.29) is 0 Å². The Kier molecular flexibility index (Phi) is 3.76. The maximum Gasteiger partial charge on any atom is 0.320 e. The molecule has 1 aromatic rings. The number of piperidine rings is 3. The average Bonchev–Trinajstić information content (AvgIpc) is 2.49. The second-order valence-electron chi connectivity index (χ2n) is 6.13. The van der Waals surface area contributed by atoms with E-state index in [4.69, 9.17) is 10.8 Å². The van der Waals surface area contributed by atoms with Gasteiger partial charge in [-0.1, -0.05) is 24.3 Å². The molecule has 0 spiro atoms. The number of carboxylic acid groups (broad SMARTS) is 1. The molecule has 4 nitrogen and oxygen atoms in total. The summed E-state index contributed by atoms with van der Waals surface area (Å²) < 4.78 is 0. The Hall–Kier alpha value is -1.39. The van der Waals surface area contributed by atoms with Crippen molar-refractivity contribution in [3.8, 4) is 0 Å². The lowest BCUT2D eigenvalue weighted by Gasteiger charge is -2.45. The molecule has 3 aliphatic rings. The first-order chi connectivity index (χ1) is 9.63. The van der Waals surface area contributed by atoms with Gasteiger partial charge in [0.1, 0.15) is 6.04 Å². The molecule has 0 aromatic heterocycles. The quantitative estimate of drug-likeness (QED) is 0.872. The van der Waals surface area contributed by atoms with Gasteiger partial charge >= 0.3 is 5.97 Å². The van der Waals surface area contributed by atoms with Crippen LogP contribution in [0, 0.1) is 5.92 Å². The van der Waals surface area contributed by atoms with E-state index in [1.165, 1.54) is 38.0 Å². The van der Waals surface area contributed by atoms with Gasteiger partial charge in [0.15, 0.2) is 0 Å². The number of hydrogen-bond acceptors (Lipinski definition) is 3. The summed E-state index contributed by atoms with van der Waals surface area (Å²) in [5.74, 6) is 0.540. The lowest BCUT2D eigenvalue weighted by atomic mass is 9.75. The summed E-state index contributed by atoms with van der Waals surface area (Å²) in [7, 11) is 0. The molecule has 4 heteroatoms. The van der Waals surface area contributed by atoms with E-state index in [1.807, 2.05) is 12.1 Å². The highest BCUT2D eigenvalue weighted by Crippen LogP contribution is 2.38. The molecule has 2 atom stereocenters. The van der Waals surface area contributed by atoms with E-state index in [1.54, 1.807) is 0 Å². The van der Waals surface area contributed by atoms with Gasteiger partial charge in [0, 0.05) is 6.54 Å². The number of rotatable bonds is 4. The van der Waals surface area contributed by atoms with Crippen LogP contribution in [0.25, 0.3) is 0 Å². The van der Waals surface area contributed by atoms with E-state index < -0.39 is 12.0 Å². The lowest BCUT2D eigenvalue weighted by molar-refractivity contribution is -0.138. The fourth-order valence-corrected chi connectivity index (χ4v) is 3.58. The van der Waals surface area contributed by atoms with Gasteiger partial charge in [-0.25, -0.2) is 0 Å². The van der Waals surface area contributed by atoms with Crippen LogP contribution in [-0.2, 0) is 11.2 Å². The van der Waals surface area contributed by atoms with Gasteiger partial charge in [-0.3, -0.25) is 4.79 Å². The highest BCUT2D eigenvalue weighted by atomic mass is 16.4. The number of aliphatic carboxylic acids is 1. The largest absolute Gasteiger partial charge is 0.480 e. The molecule has 2 bridgehead atoms. The summed E-state index contributed by atoms with van der Waals surface area (Å²) in [5, 5.41) is 8.84. The van der Waals surface area contributed by atoms with E-state index in [9.17, 15) is 4.79 Å². The molecule has 3 fully saturated rings. The molecule has 0 aliphatic carbocycles. The first-order valence-electron chi connectivity index (χ1n) is 7.43. The second-order valence-corrected chi connectivity index (χ2v) is 6.13. The summed E-state index contributed by atoms with van der Waals surface area (Å²) >= 11 is 0. The molecule has 3 heterocycles. The molecule has 20 heavy (non-hydrogen) atoms. The van der Waals surface area contributed by atoms with Crippen molar-refractivity contribution < 1.29 is 9.90 Å². The molecule has 3 N–H and O–H groups in total. The van der Waals surface area contributed by atoms with Crippen molar-refractivity contribution >= 4 is 5.97 Å². The van der Waals surface area contributed by atoms with Crippen molar-refractivity contribution in [3.05, 3.63) is 35.4 Å². The lowest BCUT2D eigenvalue weighted by Crippen LogP contribution is -2.46. The normalized spacial score (nSPS) is 30.1. The van der Waals surface area contributed by atoms with Crippen LogP contribution in [0.5, 0.6) is 0 Å². The van der Waals surface area contributed by atoms with Gasteiger partial charge in [-0.05, 0) is 55.3 Å². The van der Waals surface area contributed by atoms with Crippen molar-refractivity contribution in [1.82, 2.24) is 4.90 Å². The van der Waals surface area contributed by atoms with E-state index >= 15 is 0 Å². The monoisotopic (exact) mass is 274 g/mol. The number of hydrogen-bond donors (Lipinski definition) is 2. The molecule has 0 amide bonds. The van der Waals surface area contributed by atoms with Crippen molar-refractivity contribution in [2.45, 2.75) is 31.2 Å². The summed E-state index contributed by atoms with van der Waals surface area (Å²) in [6, 6.07) is 7.59. The number of fused-ring (bicyclic) bond motifs is 3. The standard InChI is InChI=1S/C16H22N2O2/c17-15(16(19)20)9-11-1-3-12(4-2-11)14-10-18-7-5-13(14)6-8-18/h1-4,13-15H,5-10,17H2,(H,19,20). The maximum atomic E-state index is 10.8. The number of nitrogens with zero attached hydrogens (tertiary/aromatic N) is 1. The van der Waals surface area contributed by atoms with E-state index in [0.29, 0.717) is 12.3 Å². The third kappa shape index (κ3) is 2.72. The minimum Gasteiger partial charge on any atom is -0.480 e. The Morgan fingerprint density at radius 2 is 1.95 bits per heavy atom. The summed E-state index contributed by atoms with van der Waals surface area (Å²) in [4.78, 5) is 13.3. The van der Waals surface area contributed by atoms with Crippen molar-refractivity contribution in [1.29, 1.82) is 0 Å². The molecule has 3 saturated heterocycles. The summed E-state index contributed by atoms with van der Waals surface area (Å²) in [6.45, 7) is 3.69. The minimum atomic E-state index is -0.938. The van der Waals surface area contributed by atoms with Crippen LogP contribution in [-0.4, -0.2) is 41.7 Å². The molecular weight excluding hydrogens is 252 g/mol. The van der Waals surface area contributed by atoms with E-state index in [0.717, 1.165) is 11.5 Å². The number of nitrogens with two attached hydrogens (primary N) is 1. The predicted molar refractivity (Wildman–Crippen MR) is 77.7 cm³/mol. The molecule has 1 aromatic carbocycles. The van der Waals surface area contributed by atoms with Gasteiger partial charge in [0.05, 0.1) is 0 Å². The van der Waals surface area contributed by atoms with Crippen LogP contribution in [0.2, 0.25) is 0 Å². The Bertz CT molecular complexity index is 478. The number of carbonyl (C=O) groups is 1. The Morgan fingerprint density at radius 1 is 1.30 bits per heavy atom. The van der Waals surface area contributed by atoms with Crippen molar-refractivity contribution in [2.75, 3.05) is 19.6 Å². The number of carboxylic acids is 1. The highest BCUT2D eigenvalue weighted by molar-refractivity contribution is 5.73. The summed E-state index contributed by atoms with van der Waals surface area (Å²) in [6.07, 6.45) is 3.03. The van der Waals surface area contributed by atoms with Crippen molar-refractivity contribution in [2.24, 2.45) is 11.7 Å². The van der Waals surface area contributed by atoms with Crippen LogP contribution in [0.1, 0.15) is 29.9 Å². The topological polar surface area (TPSA) is 66.6 Å². The smallest absolute Gasteiger partial charge is 0.320 e. The fraction of sp³-hybridized carbons (Fsp3) is 0.562. The molecule has 0 saturated carbocycles. The van der Waals surface area contributed by atoms with Crippen LogP contribution in [0.3, 0.4) is 0 Å². The SMILES string of the molecule is NC(Cc1ccc(C2CN3CCC2CC3)cc1)C(=O)O. The van der Waals surface area contributed by atoms with Gasteiger partial charge in [-0.2, -0.15) is 0 Å². The van der Waals surface area contributed by atoms with Gasteiger partial charge in [-0.15, -0.1) is 0 Å². The second kappa shape index (κ2) is 5.54. The Balaban J connectivity index is 1.68. The Morgan fingerprint density at radius 3 is 2.45 bits per heavy atom. The van der Waals surface area contributed by atoms with Gasteiger partial charge in [0.25, 0.3) is 0 Å². The highest BCUT2D eigenvalue weighted by Gasteiger charge is 2.34. The fourth-order valence-electron chi connectivity index (χ4n) is 3.58. The summed E-state index contributed by atoms with van der Waals surface area (Å²) in [5.41, 5.74) is 7.97. The van der Waals surface area contributed by atoms with Gasteiger partial charge in [0.2, 0.25) is 0 Å². The zero-order chi connectivity index (χ0) is 14.1.